The smallest absolute Gasteiger partial charge is 0.270 e. The number of likely N-dealkylation sites (tertiary alicyclic amines) is 1. The topological polar surface area (TPSA) is 63.6 Å². The number of nitrogens with zero attached hydrogens (tertiary/aromatic N) is 2. The number of amides is 2. The summed E-state index contributed by atoms with van der Waals surface area (Å²) in [6.45, 7) is 5.55. The van der Waals surface area contributed by atoms with E-state index in [2.05, 4.69) is 5.43 Å². The van der Waals surface area contributed by atoms with E-state index in [0.29, 0.717) is 11.3 Å². The Labute approximate surface area is 160 Å². The molecule has 0 spiro atoms. The van der Waals surface area contributed by atoms with Crippen molar-refractivity contribution in [3.8, 4) is 5.75 Å². The van der Waals surface area contributed by atoms with E-state index in [9.17, 15) is 9.59 Å². The first-order valence-electron chi connectivity index (χ1n) is 9.51. The summed E-state index contributed by atoms with van der Waals surface area (Å²) < 4.78 is 7.37. The number of ether oxygens (including phenoxy) is 1. The molecule has 1 N–H and O–H groups in total. The number of aromatic nitrogens is 1. The summed E-state index contributed by atoms with van der Waals surface area (Å²) in [5, 5.41) is 0. The highest BCUT2D eigenvalue weighted by Crippen LogP contribution is 2.14. The molecule has 3 rings (SSSR count). The summed E-state index contributed by atoms with van der Waals surface area (Å²) in [6.07, 6.45) is 4.51. The van der Waals surface area contributed by atoms with E-state index in [1.54, 1.807) is 28.9 Å². The molecule has 6 nitrogen and oxygen atoms in total. The number of hydrogen-bond acceptors (Lipinski definition) is 3. The van der Waals surface area contributed by atoms with E-state index in [1.165, 1.54) is 12.8 Å². The zero-order chi connectivity index (χ0) is 19.2. The molecule has 0 unspecified atom stereocenters. The molecule has 1 aromatic carbocycles. The number of aryl methyl sites for hydroxylation is 2. The molecule has 1 aliphatic rings. The van der Waals surface area contributed by atoms with Crippen molar-refractivity contribution < 1.29 is 14.3 Å². The third-order valence-corrected chi connectivity index (χ3v) is 4.92. The molecule has 1 fully saturated rings. The second-order valence-corrected chi connectivity index (χ2v) is 7.00. The maximum absolute atomic E-state index is 12.4. The first kappa shape index (κ1) is 19.0. The molecule has 1 aromatic heterocycles. The highest BCUT2D eigenvalue weighted by molar-refractivity contribution is 6.00. The van der Waals surface area contributed by atoms with Crippen molar-refractivity contribution in [1.29, 1.82) is 0 Å². The van der Waals surface area contributed by atoms with Crippen LogP contribution in [0.1, 0.15) is 47.4 Å². The Hall–Kier alpha value is -2.76. The fraction of sp³-hybridized carbons (Fsp3) is 0.429. The highest BCUT2D eigenvalue weighted by Gasteiger charge is 2.16. The van der Waals surface area contributed by atoms with Gasteiger partial charge in [-0.1, -0.05) is 12.8 Å². The van der Waals surface area contributed by atoms with E-state index in [0.717, 1.165) is 37.3 Å². The van der Waals surface area contributed by atoms with Gasteiger partial charge in [0, 0.05) is 30.0 Å². The van der Waals surface area contributed by atoms with Gasteiger partial charge < -0.3 is 9.64 Å². The summed E-state index contributed by atoms with van der Waals surface area (Å²) >= 11 is 0. The van der Waals surface area contributed by atoms with Gasteiger partial charge >= 0.3 is 0 Å². The van der Waals surface area contributed by atoms with E-state index >= 15 is 0 Å². The van der Waals surface area contributed by atoms with Crippen LogP contribution in [-0.4, -0.2) is 41.1 Å². The Morgan fingerprint density at radius 2 is 1.52 bits per heavy atom. The fourth-order valence-corrected chi connectivity index (χ4v) is 3.27. The predicted molar refractivity (Wildman–Crippen MR) is 105 cm³/mol. The van der Waals surface area contributed by atoms with Crippen molar-refractivity contribution in [1.82, 2.24) is 9.58 Å². The molecule has 2 amide bonds. The van der Waals surface area contributed by atoms with Gasteiger partial charge in [-0.3, -0.25) is 19.7 Å². The van der Waals surface area contributed by atoms with Gasteiger partial charge in [0.2, 0.25) is 0 Å². The quantitative estimate of drug-likeness (QED) is 0.880. The van der Waals surface area contributed by atoms with Crippen LogP contribution in [0.3, 0.4) is 0 Å². The lowest BCUT2D eigenvalue weighted by Crippen LogP contribution is -2.35. The minimum atomic E-state index is -0.190. The summed E-state index contributed by atoms with van der Waals surface area (Å²) in [5.74, 6) is 0.421. The second-order valence-electron chi connectivity index (χ2n) is 7.00. The summed E-state index contributed by atoms with van der Waals surface area (Å²) in [4.78, 5) is 26.6. The first-order chi connectivity index (χ1) is 13.0. The molecule has 0 atom stereocenters. The third kappa shape index (κ3) is 4.90. The molecule has 2 heterocycles. The Kier molecular flexibility index (Phi) is 6.16. The zero-order valence-corrected chi connectivity index (χ0v) is 16.0. The van der Waals surface area contributed by atoms with E-state index in [4.69, 9.17) is 4.74 Å². The van der Waals surface area contributed by atoms with Gasteiger partial charge in [0.1, 0.15) is 5.75 Å². The molecule has 0 bridgehead atoms. The number of carbonyl (C=O) groups excluding carboxylic acids is 2. The van der Waals surface area contributed by atoms with Gasteiger partial charge in [0.05, 0.1) is 0 Å². The van der Waals surface area contributed by atoms with Crippen molar-refractivity contribution in [3.63, 3.8) is 0 Å². The van der Waals surface area contributed by atoms with Crippen LogP contribution >= 0.6 is 0 Å². The average molecular weight is 369 g/mol. The molecule has 0 saturated carbocycles. The van der Waals surface area contributed by atoms with Crippen molar-refractivity contribution in [2.75, 3.05) is 25.1 Å². The number of carbonyl (C=O) groups is 2. The molecule has 0 aliphatic carbocycles. The van der Waals surface area contributed by atoms with Crippen LogP contribution in [0.15, 0.2) is 36.4 Å². The summed E-state index contributed by atoms with van der Waals surface area (Å²) in [6, 6.07) is 10.8. The van der Waals surface area contributed by atoms with Gasteiger partial charge in [-0.05, 0) is 63.1 Å². The van der Waals surface area contributed by atoms with Gasteiger partial charge in [0.15, 0.2) is 6.61 Å². The van der Waals surface area contributed by atoms with E-state index in [-0.39, 0.29) is 18.4 Å². The summed E-state index contributed by atoms with van der Waals surface area (Å²) in [7, 11) is 0. The van der Waals surface area contributed by atoms with Crippen molar-refractivity contribution in [3.05, 3.63) is 53.3 Å². The zero-order valence-electron chi connectivity index (χ0n) is 16.0. The van der Waals surface area contributed by atoms with Gasteiger partial charge in [0.25, 0.3) is 11.8 Å². The number of benzene rings is 1. The van der Waals surface area contributed by atoms with Crippen LogP contribution in [0.2, 0.25) is 0 Å². The number of hydrogen-bond donors (Lipinski definition) is 1. The average Bonchev–Trinajstić information content (AvgIpc) is 2.89. The molecule has 2 aromatic rings. The molecule has 6 heteroatoms. The Morgan fingerprint density at radius 1 is 0.926 bits per heavy atom. The fourth-order valence-electron chi connectivity index (χ4n) is 3.27. The van der Waals surface area contributed by atoms with Gasteiger partial charge in [-0.15, -0.1) is 0 Å². The Morgan fingerprint density at radius 3 is 2.11 bits per heavy atom. The van der Waals surface area contributed by atoms with Crippen molar-refractivity contribution in [2.24, 2.45) is 0 Å². The lowest BCUT2D eigenvalue weighted by Gasteiger charge is -2.20. The molecule has 144 valence electrons. The molecule has 1 saturated heterocycles. The van der Waals surface area contributed by atoms with Crippen LogP contribution in [0.4, 0.5) is 0 Å². The summed E-state index contributed by atoms with van der Waals surface area (Å²) in [5.41, 5.74) is 5.34. The molecular formula is C21H27N3O3. The van der Waals surface area contributed by atoms with E-state index in [1.807, 2.05) is 30.9 Å². The molecule has 0 radical (unpaired) electrons. The SMILES string of the molecule is Cc1ccc(C)n1NC(=O)c1ccc(OCC(=O)N2CCCCCC2)cc1. The third-order valence-electron chi connectivity index (χ3n) is 4.92. The van der Waals surface area contributed by atoms with Crippen LogP contribution in [0.25, 0.3) is 0 Å². The van der Waals surface area contributed by atoms with E-state index < -0.39 is 0 Å². The minimum Gasteiger partial charge on any atom is -0.484 e. The highest BCUT2D eigenvalue weighted by atomic mass is 16.5. The standard InChI is InChI=1S/C21H27N3O3/c1-16-7-8-17(2)24(16)22-21(26)18-9-11-19(12-10-18)27-15-20(25)23-13-5-3-4-6-14-23/h7-12H,3-6,13-15H2,1-2H3,(H,22,26). The van der Waals surface area contributed by atoms with Crippen LogP contribution in [0, 0.1) is 13.8 Å². The Bertz CT molecular complexity index is 768. The lowest BCUT2D eigenvalue weighted by atomic mass is 10.2. The monoisotopic (exact) mass is 369 g/mol. The van der Waals surface area contributed by atoms with Gasteiger partial charge in [-0.2, -0.15) is 0 Å². The molecule has 27 heavy (non-hydrogen) atoms. The normalized spacial score (nSPS) is 14.5. The van der Waals surface area contributed by atoms with Crippen molar-refractivity contribution >= 4 is 11.8 Å². The molecular weight excluding hydrogens is 342 g/mol. The maximum Gasteiger partial charge on any atom is 0.270 e. The predicted octanol–water partition coefficient (Wildman–Crippen LogP) is 3.27. The largest absolute Gasteiger partial charge is 0.484 e. The maximum atomic E-state index is 12.4. The number of nitrogens with one attached hydrogen (secondary N) is 1. The first-order valence-corrected chi connectivity index (χ1v) is 9.51. The van der Waals surface area contributed by atoms with Crippen LogP contribution in [-0.2, 0) is 4.79 Å². The lowest BCUT2D eigenvalue weighted by molar-refractivity contribution is -0.133. The minimum absolute atomic E-state index is 0.0253. The van der Waals surface area contributed by atoms with Crippen LogP contribution < -0.4 is 10.2 Å². The Balaban J connectivity index is 1.53. The van der Waals surface area contributed by atoms with Crippen molar-refractivity contribution in [2.45, 2.75) is 39.5 Å². The second kappa shape index (κ2) is 8.75. The number of rotatable bonds is 5. The molecule has 1 aliphatic heterocycles. The van der Waals surface area contributed by atoms with Crippen LogP contribution in [0.5, 0.6) is 5.75 Å². The van der Waals surface area contributed by atoms with Gasteiger partial charge in [-0.25, -0.2) is 0 Å².